The lowest BCUT2D eigenvalue weighted by Crippen LogP contribution is -2.41. The number of hydrogen-bond donors (Lipinski definition) is 1. The standard InChI is InChI=1S/C27H34FN3O3S/c1-34-21-6-8-25-23(17-21)22(10-12-29-25)24(28)7-4-19-11-15-31(18-20(19)5-9-27(32)33)14-2-3-26-30-13-16-35-26/h6,8,10,12-13,16-17,19-20,24H,2-5,7,9,11,14-15,18H2,1H3,(H,32,33)/t19-,20+,24?/m1/s1. The third-order valence-corrected chi connectivity index (χ3v) is 8.00. The number of hydrogen-bond acceptors (Lipinski definition) is 6. The molecule has 1 aromatic carbocycles. The number of methoxy groups -OCH3 is 1. The maximum Gasteiger partial charge on any atom is 0.303 e. The second-order valence-electron chi connectivity index (χ2n) is 9.40. The largest absolute Gasteiger partial charge is 0.497 e. The quantitative estimate of drug-likeness (QED) is 0.333. The molecule has 1 unspecified atom stereocenters. The van der Waals surface area contributed by atoms with E-state index in [0.717, 1.165) is 61.2 Å². The Morgan fingerprint density at radius 2 is 2.14 bits per heavy atom. The summed E-state index contributed by atoms with van der Waals surface area (Å²) in [6.07, 6.45) is 7.43. The lowest BCUT2D eigenvalue weighted by atomic mass is 9.79. The van der Waals surface area contributed by atoms with Crippen LogP contribution in [0.2, 0.25) is 0 Å². The summed E-state index contributed by atoms with van der Waals surface area (Å²) in [5.41, 5.74) is 1.41. The number of fused-ring (bicyclic) bond motifs is 1. The third kappa shape index (κ3) is 6.98. The van der Waals surface area contributed by atoms with Crippen LogP contribution in [0.25, 0.3) is 10.9 Å². The SMILES string of the molecule is COc1ccc2nccc(C(F)CC[C@@H]3CCN(CCCc4nccs4)C[C@@H]3CCC(=O)O)c2c1. The highest BCUT2D eigenvalue weighted by Crippen LogP contribution is 2.36. The number of aryl methyl sites for hydroxylation is 1. The Kier molecular flexibility index (Phi) is 9.04. The zero-order chi connectivity index (χ0) is 24.6. The summed E-state index contributed by atoms with van der Waals surface area (Å²) in [5.74, 6) is 0.548. The molecular formula is C27H34FN3O3S. The number of rotatable bonds is 12. The molecule has 6 nitrogen and oxygen atoms in total. The molecule has 8 heteroatoms. The molecule has 1 aliphatic rings. The van der Waals surface area contributed by atoms with Gasteiger partial charge < -0.3 is 14.7 Å². The maximum absolute atomic E-state index is 15.5. The van der Waals surface area contributed by atoms with Crippen LogP contribution in [0, 0.1) is 11.8 Å². The highest BCUT2D eigenvalue weighted by molar-refractivity contribution is 7.09. The molecule has 1 N–H and O–H groups in total. The number of aromatic nitrogens is 2. The lowest BCUT2D eigenvalue weighted by molar-refractivity contribution is -0.137. The number of halogens is 1. The number of thiazole rings is 1. The number of carboxylic acid groups (broad SMARTS) is 1. The Morgan fingerprint density at radius 3 is 2.91 bits per heavy atom. The average Bonchev–Trinajstić information content (AvgIpc) is 3.39. The minimum absolute atomic E-state index is 0.169. The molecule has 2 aromatic heterocycles. The van der Waals surface area contributed by atoms with Gasteiger partial charge in [0.05, 0.1) is 17.6 Å². The van der Waals surface area contributed by atoms with Crippen LogP contribution in [0.5, 0.6) is 5.75 Å². The van der Waals surface area contributed by atoms with Crippen LogP contribution in [0.3, 0.4) is 0 Å². The van der Waals surface area contributed by atoms with Crippen molar-refractivity contribution in [3.63, 3.8) is 0 Å². The number of ether oxygens (including phenoxy) is 1. The number of carbonyl (C=O) groups is 1. The van der Waals surface area contributed by atoms with E-state index in [0.29, 0.717) is 30.1 Å². The minimum Gasteiger partial charge on any atom is -0.497 e. The van der Waals surface area contributed by atoms with Crippen LogP contribution in [0.15, 0.2) is 42.0 Å². The van der Waals surface area contributed by atoms with Crippen LogP contribution in [-0.4, -0.2) is 52.7 Å². The molecule has 0 bridgehead atoms. The first-order chi connectivity index (χ1) is 17.0. The highest BCUT2D eigenvalue weighted by Gasteiger charge is 2.30. The number of carboxylic acids is 1. The van der Waals surface area contributed by atoms with Crippen molar-refractivity contribution in [1.29, 1.82) is 0 Å². The summed E-state index contributed by atoms with van der Waals surface area (Å²) in [6.45, 7) is 2.87. The molecule has 3 heterocycles. The van der Waals surface area contributed by atoms with E-state index >= 15 is 4.39 Å². The number of benzene rings is 1. The number of aliphatic carboxylic acids is 1. The molecule has 3 atom stereocenters. The van der Waals surface area contributed by atoms with Crippen molar-refractivity contribution in [1.82, 2.24) is 14.9 Å². The Bertz CT molecular complexity index is 1090. The van der Waals surface area contributed by atoms with Gasteiger partial charge in [-0.3, -0.25) is 9.78 Å². The molecule has 1 saturated heterocycles. The second-order valence-corrected chi connectivity index (χ2v) is 10.4. The van der Waals surface area contributed by atoms with Gasteiger partial charge >= 0.3 is 5.97 Å². The van der Waals surface area contributed by atoms with E-state index in [1.165, 1.54) is 0 Å². The van der Waals surface area contributed by atoms with Gasteiger partial charge in [0.2, 0.25) is 0 Å². The summed E-state index contributed by atoms with van der Waals surface area (Å²) in [7, 11) is 1.60. The van der Waals surface area contributed by atoms with Crippen LogP contribution in [-0.2, 0) is 11.2 Å². The molecule has 0 saturated carbocycles. The van der Waals surface area contributed by atoms with Gasteiger partial charge in [-0.15, -0.1) is 11.3 Å². The summed E-state index contributed by atoms with van der Waals surface area (Å²) in [4.78, 5) is 22.4. The predicted octanol–water partition coefficient (Wildman–Crippen LogP) is 5.93. The Hall–Kier alpha value is -2.58. The van der Waals surface area contributed by atoms with Crippen LogP contribution < -0.4 is 4.74 Å². The van der Waals surface area contributed by atoms with Gasteiger partial charge in [0, 0.05) is 42.5 Å². The monoisotopic (exact) mass is 499 g/mol. The van der Waals surface area contributed by atoms with Crippen molar-refractivity contribution in [2.75, 3.05) is 26.7 Å². The van der Waals surface area contributed by atoms with E-state index < -0.39 is 12.1 Å². The fraction of sp³-hybridized carbons (Fsp3) is 0.519. The second kappa shape index (κ2) is 12.4. The number of alkyl halides is 1. The molecule has 188 valence electrons. The van der Waals surface area contributed by atoms with E-state index in [4.69, 9.17) is 4.74 Å². The molecule has 0 radical (unpaired) electrons. The van der Waals surface area contributed by atoms with Crippen molar-refractivity contribution in [3.05, 3.63) is 52.6 Å². The molecule has 1 fully saturated rings. The van der Waals surface area contributed by atoms with E-state index in [9.17, 15) is 9.90 Å². The molecule has 35 heavy (non-hydrogen) atoms. The predicted molar refractivity (Wildman–Crippen MR) is 137 cm³/mol. The van der Waals surface area contributed by atoms with Gasteiger partial charge in [-0.2, -0.15) is 0 Å². The van der Waals surface area contributed by atoms with Gasteiger partial charge in [0.15, 0.2) is 0 Å². The Labute approximate surface area is 210 Å². The summed E-state index contributed by atoms with van der Waals surface area (Å²) in [5, 5.41) is 13.2. The summed E-state index contributed by atoms with van der Waals surface area (Å²) < 4.78 is 20.8. The fourth-order valence-corrected chi connectivity index (χ4v) is 5.93. The normalized spacial score (nSPS) is 19.6. The molecular weight excluding hydrogens is 465 g/mol. The van der Waals surface area contributed by atoms with Crippen molar-refractivity contribution in [2.24, 2.45) is 11.8 Å². The highest BCUT2D eigenvalue weighted by atomic mass is 32.1. The lowest BCUT2D eigenvalue weighted by Gasteiger charge is -2.39. The third-order valence-electron chi connectivity index (χ3n) is 7.16. The topological polar surface area (TPSA) is 75.5 Å². The average molecular weight is 500 g/mol. The first-order valence-corrected chi connectivity index (χ1v) is 13.3. The first-order valence-electron chi connectivity index (χ1n) is 12.4. The summed E-state index contributed by atoms with van der Waals surface area (Å²) in [6, 6.07) is 7.31. The zero-order valence-corrected chi connectivity index (χ0v) is 21.1. The molecule has 0 aliphatic carbocycles. The Morgan fingerprint density at radius 1 is 1.26 bits per heavy atom. The first kappa shape index (κ1) is 25.5. The fourth-order valence-electron chi connectivity index (χ4n) is 5.27. The molecule has 1 aliphatic heterocycles. The zero-order valence-electron chi connectivity index (χ0n) is 20.2. The van der Waals surface area contributed by atoms with E-state index in [1.807, 2.05) is 29.8 Å². The van der Waals surface area contributed by atoms with Crippen molar-refractivity contribution in [2.45, 2.75) is 51.1 Å². The maximum atomic E-state index is 15.5. The Balaban J connectivity index is 1.36. The van der Waals surface area contributed by atoms with E-state index in [2.05, 4.69) is 14.9 Å². The minimum atomic E-state index is -1.09. The van der Waals surface area contributed by atoms with Crippen LogP contribution >= 0.6 is 11.3 Å². The van der Waals surface area contributed by atoms with Gasteiger partial charge in [-0.1, -0.05) is 0 Å². The van der Waals surface area contributed by atoms with Gasteiger partial charge in [0.1, 0.15) is 11.9 Å². The van der Waals surface area contributed by atoms with E-state index in [-0.39, 0.29) is 12.3 Å². The molecule has 3 aromatic rings. The van der Waals surface area contributed by atoms with Gasteiger partial charge in [0.25, 0.3) is 0 Å². The molecule has 4 rings (SSSR count). The molecule has 0 spiro atoms. The van der Waals surface area contributed by atoms with Gasteiger partial charge in [-0.05, 0) is 86.9 Å². The smallest absolute Gasteiger partial charge is 0.303 e. The van der Waals surface area contributed by atoms with Gasteiger partial charge in [-0.25, -0.2) is 9.37 Å². The molecule has 0 amide bonds. The van der Waals surface area contributed by atoms with Crippen LogP contribution in [0.4, 0.5) is 4.39 Å². The van der Waals surface area contributed by atoms with Crippen LogP contribution in [0.1, 0.15) is 55.3 Å². The van der Waals surface area contributed by atoms with Crippen molar-refractivity contribution >= 4 is 28.2 Å². The number of piperidine rings is 1. The number of nitrogens with zero attached hydrogens (tertiary/aromatic N) is 3. The van der Waals surface area contributed by atoms with E-state index in [1.54, 1.807) is 30.7 Å². The number of pyridine rings is 1. The van der Waals surface area contributed by atoms with Crippen molar-refractivity contribution in [3.8, 4) is 5.75 Å². The summed E-state index contributed by atoms with van der Waals surface area (Å²) >= 11 is 1.69. The number of likely N-dealkylation sites (tertiary alicyclic amines) is 1. The van der Waals surface area contributed by atoms with Crippen molar-refractivity contribution < 1.29 is 19.0 Å².